The quantitative estimate of drug-likeness (QED) is 0.104. The molecule has 2 aliphatic carbocycles. The van der Waals surface area contributed by atoms with E-state index in [0.717, 1.165) is 117 Å². The molecule has 2 bridgehead atoms. The molecule has 0 radical (unpaired) electrons. The van der Waals surface area contributed by atoms with Crippen molar-refractivity contribution >= 4 is 67.6 Å². The van der Waals surface area contributed by atoms with E-state index in [0.29, 0.717) is 38.5 Å². The molecule has 0 spiro atoms. The number of fused-ring (bicyclic) bond motifs is 8. The van der Waals surface area contributed by atoms with Gasteiger partial charge in [0.25, 0.3) is 5.91 Å². The van der Waals surface area contributed by atoms with Crippen molar-refractivity contribution in [2.45, 2.75) is 107 Å². The average Bonchev–Trinajstić information content (AvgIpc) is 4.29. The minimum absolute atomic E-state index is 0.0360. The van der Waals surface area contributed by atoms with E-state index in [-0.39, 0.29) is 41.8 Å². The van der Waals surface area contributed by atoms with Crippen molar-refractivity contribution in [2.24, 2.45) is 11.8 Å². The minimum atomic E-state index is -0.888. The Bertz CT molecular complexity index is 3210. The molecular weight excluding hydrogens is 897 g/mol. The third-order valence-corrected chi connectivity index (χ3v) is 16.5. The first-order valence-corrected chi connectivity index (χ1v) is 25.6. The smallest absolute Gasteiger partial charge is 0.407 e. The fourth-order valence-corrected chi connectivity index (χ4v) is 12.9. The number of aromatic amines is 2. The van der Waals surface area contributed by atoms with E-state index < -0.39 is 24.3 Å². The lowest BCUT2D eigenvalue weighted by Crippen LogP contribution is -2.55. The number of rotatable bonds is 10. The highest BCUT2D eigenvalue weighted by Crippen LogP contribution is 2.51. The molecule has 12 rings (SSSR count). The number of alkyl carbamates (subject to hydrolysis) is 2. The van der Waals surface area contributed by atoms with Crippen LogP contribution in [0, 0.1) is 11.8 Å². The van der Waals surface area contributed by atoms with Gasteiger partial charge in [-0.15, -0.1) is 0 Å². The van der Waals surface area contributed by atoms with Gasteiger partial charge in [-0.1, -0.05) is 73.5 Å². The molecule has 3 saturated heterocycles. The van der Waals surface area contributed by atoms with Crippen LogP contribution >= 0.6 is 0 Å². The molecule has 71 heavy (non-hydrogen) atoms. The molecular formula is C56H60N8O7. The zero-order valence-corrected chi connectivity index (χ0v) is 40.2. The number of aromatic nitrogens is 4. The Kier molecular flexibility index (Phi) is 11.9. The lowest BCUT2D eigenvalue weighted by molar-refractivity contribution is -0.140. The maximum absolute atomic E-state index is 14.6. The summed E-state index contributed by atoms with van der Waals surface area (Å²) in [6.07, 6.45) is 9.29. The van der Waals surface area contributed by atoms with Crippen LogP contribution in [0.1, 0.15) is 117 Å². The summed E-state index contributed by atoms with van der Waals surface area (Å²) in [5, 5.41) is 9.91. The molecule has 4 N–H and O–H groups in total. The number of hydrogen-bond acceptors (Lipinski definition) is 9. The number of likely N-dealkylation sites (tertiary alicyclic amines) is 2. The molecule has 2 aromatic heterocycles. The van der Waals surface area contributed by atoms with Gasteiger partial charge in [0.2, 0.25) is 5.91 Å². The van der Waals surface area contributed by atoms with Crippen LogP contribution in [-0.4, -0.2) is 99.8 Å². The third-order valence-electron chi connectivity index (χ3n) is 16.5. The van der Waals surface area contributed by atoms with Crippen molar-refractivity contribution in [2.75, 3.05) is 34.0 Å². The fourth-order valence-electron chi connectivity index (χ4n) is 12.9. The van der Waals surface area contributed by atoms with Crippen LogP contribution < -0.4 is 10.6 Å². The van der Waals surface area contributed by atoms with Crippen molar-refractivity contribution in [3.63, 3.8) is 0 Å². The van der Waals surface area contributed by atoms with Crippen LogP contribution in [0.4, 0.5) is 9.59 Å². The molecule has 6 atom stereocenters. The monoisotopic (exact) mass is 956 g/mol. The van der Waals surface area contributed by atoms with Gasteiger partial charge in [-0.2, -0.15) is 0 Å². The summed E-state index contributed by atoms with van der Waals surface area (Å²) >= 11 is 0. The zero-order valence-electron chi connectivity index (χ0n) is 40.2. The molecule has 5 heterocycles. The number of imidazole rings is 2. The van der Waals surface area contributed by atoms with Gasteiger partial charge in [-0.05, 0) is 133 Å². The Hall–Kier alpha value is -7.00. The number of carbonyl (C=O) groups excluding carboxylic acids is 4. The second kappa shape index (κ2) is 18.6. The molecule has 15 heteroatoms. The summed E-state index contributed by atoms with van der Waals surface area (Å²) in [5.74, 6) is 1.99. The molecule has 5 fully saturated rings. The Labute approximate surface area is 411 Å². The minimum Gasteiger partial charge on any atom is -0.453 e. The van der Waals surface area contributed by atoms with Gasteiger partial charge in [-0.25, -0.2) is 19.6 Å². The van der Waals surface area contributed by atoms with Crippen LogP contribution in [0.15, 0.2) is 84.9 Å². The highest BCUT2D eigenvalue weighted by molar-refractivity contribution is 6.07. The molecule has 7 aromatic rings. The molecule has 5 aromatic carbocycles. The largest absolute Gasteiger partial charge is 0.453 e. The van der Waals surface area contributed by atoms with Crippen molar-refractivity contribution in [1.82, 2.24) is 40.4 Å². The first kappa shape index (κ1) is 45.2. The highest BCUT2D eigenvalue weighted by Gasteiger charge is 2.52. The van der Waals surface area contributed by atoms with Crippen LogP contribution in [0.25, 0.3) is 54.7 Å². The van der Waals surface area contributed by atoms with E-state index in [1.807, 2.05) is 21.9 Å². The van der Waals surface area contributed by atoms with Gasteiger partial charge in [0.05, 0.1) is 48.4 Å². The van der Waals surface area contributed by atoms with E-state index in [1.165, 1.54) is 32.6 Å². The van der Waals surface area contributed by atoms with Gasteiger partial charge in [0, 0.05) is 36.6 Å². The van der Waals surface area contributed by atoms with Crippen LogP contribution in [-0.2, 0) is 23.8 Å². The van der Waals surface area contributed by atoms with Crippen LogP contribution in [0.3, 0.4) is 0 Å². The Morgan fingerprint density at radius 3 is 2.04 bits per heavy atom. The topological polar surface area (TPSA) is 184 Å². The predicted octanol–water partition coefficient (Wildman–Crippen LogP) is 10.0. The Balaban J connectivity index is 0.804. The van der Waals surface area contributed by atoms with E-state index in [9.17, 15) is 19.2 Å². The van der Waals surface area contributed by atoms with Crippen molar-refractivity contribution < 1.29 is 33.4 Å². The van der Waals surface area contributed by atoms with Crippen LogP contribution in [0.2, 0.25) is 0 Å². The third kappa shape index (κ3) is 8.21. The second-order valence-corrected chi connectivity index (χ2v) is 20.4. The summed E-state index contributed by atoms with van der Waals surface area (Å²) in [6, 6.07) is 27.5. The number of nitrogens with one attached hydrogen (secondary N) is 4. The number of H-pyrrole nitrogens is 2. The molecule has 366 valence electrons. The van der Waals surface area contributed by atoms with Gasteiger partial charge in [0.1, 0.15) is 23.7 Å². The number of methoxy groups -OCH3 is 2. The number of nitrogens with zero attached hydrogens (tertiary/aromatic N) is 4. The Morgan fingerprint density at radius 2 is 1.35 bits per heavy atom. The van der Waals surface area contributed by atoms with Crippen molar-refractivity contribution in [3.8, 4) is 11.1 Å². The average molecular weight is 957 g/mol. The number of piperidine rings is 1. The molecule has 2 saturated carbocycles. The summed E-state index contributed by atoms with van der Waals surface area (Å²) in [4.78, 5) is 75.9. The van der Waals surface area contributed by atoms with E-state index in [1.54, 1.807) is 0 Å². The summed E-state index contributed by atoms with van der Waals surface area (Å²) in [6.45, 7) is 1.68. The van der Waals surface area contributed by atoms with Crippen molar-refractivity contribution in [1.29, 1.82) is 0 Å². The zero-order chi connectivity index (χ0) is 48.3. The maximum Gasteiger partial charge on any atom is 0.407 e. The molecule has 5 aliphatic rings. The summed E-state index contributed by atoms with van der Waals surface area (Å²) in [7, 11) is 2.65. The molecule has 4 amide bonds. The first-order chi connectivity index (χ1) is 34.7. The number of ether oxygens (including phenoxy) is 3. The fraction of sp³-hybridized carbons (Fsp3) is 0.429. The highest BCUT2D eigenvalue weighted by atomic mass is 16.5. The number of hydrogen-bond donors (Lipinski definition) is 4. The molecule has 3 aliphatic heterocycles. The lowest BCUT2D eigenvalue weighted by Gasteiger charge is -2.39. The second-order valence-electron chi connectivity index (χ2n) is 20.4. The Morgan fingerprint density at radius 1 is 0.690 bits per heavy atom. The van der Waals surface area contributed by atoms with E-state index in [2.05, 4.69) is 93.4 Å². The van der Waals surface area contributed by atoms with Gasteiger partial charge in [-0.3, -0.25) is 9.59 Å². The number of amides is 4. The van der Waals surface area contributed by atoms with E-state index >= 15 is 0 Å². The normalized spacial score (nSPS) is 22.5. The van der Waals surface area contributed by atoms with Gasteiger partial charge in [0.15, 0.2) is 0 Å². The molecule has 0 unspecified atom stereocenters. The maximum atomic E-state index is 14.6. The summed E-state index contributed by atoms with van der Waals surface area (Å²) < 4.78 is 15.6. The van der Waals surface area contributed by atoms with E-state index in [4.69, 9.17) is 24.2 Å². The van der Waals surface area contributed by atoms with Gasteiger partial charge < -0.3 is 44.6 Å². The molecule has 15 nitrogen and oxygen atoms in total. The number of carbonyl (C=O) groups is 4. The lowest BCUT2D eigenvalue weighted by atomic mass is 9.89. The number of benzene rings is 5. The SMILES string of the molecule is COC(=O)N[C@H](C(=O)N1[C@@H]2CC[C@@H](C2)[C@H]1c1nc2c(ccc3cc(-c4ccc5c(ccc6[nH]c([C@@H]7CCCN7C(=O)[C@H](NC(=O)OC)c7cccc(C8CCCC8)c7)nc65)c4)ccc32)[nH]1)C1CCOCC1. The van der Waals surface area contributed by atoms with Crippen molar-refractivity contribution in [3.05, 3.63) is 108 Å². The first-order valence-electron chi connectivity index (χ1n) is 25.6. The predicted molar refractivity (Wildman–Crippen MR) is 269 cm³/mol. The standard InChI is InChI=1S/C56H60N8O7/c1-69-55(67)61-46(32-22-25-71-26-23-32)54(66)64-40-17-12-39(30-40)50(64)52-58-44-21-16-37-28-35(14-19-42(37)49(44)60-52)34-13-18-41-36(27-34)15-20-43-48(41)59-51(57-43)45-11-6-24-63(45)53(65)47(62-56(68)70-2)38-10-5-9-33(29-38)31-7-3-4-8-31/h5,9-10,13-16,18-21,27-29,31-32,39-40,45-47,50H,3-4,6-8,11-12,17,22-26,30H2,1-2H3,(H,57,59)(H,58,60)(H,61,67)(H,62,68)/t39-,40+,45-,46-,47+,50-/m0/s1. The summed E-state index contributed by atoms with van der Waals surface area (Å²) in [5.41, 5.74) is 7.65. The van der Waals surface area contributed by atoms with Gasteiger partial charge >= 0.3 is 12.2 Å². The van der Waals surface area contributed by atoms with Crippen LogP contribution in [0.5, 0.6) is 0 Å².